The molecule has 0 aliphatic heterocycles. The average molecular weight is 376 g/mol. The predicted molar refractivity (Wildman–Crippen MR) is 102 cm³/mol. The summed E-state index contributed by atoms with van der Waals surface area (Å²) in [5.41, 5.74) is 2.97. The van der Waals surface area contributed by atoms with Crippen molar-refractivity contribution in [2.45, 2.75) is 25.4 Å². The lowest BCUT2D eigenvalue weighted by Gasteiger charge is -2.09. The van der Waals surface area contributed by atoms with Gasteiger partial charge in [0.05, 0.1) is 28.6 Å². The molecule has 0 spiro atoms. The Morgan fingerprint density at radius 1 is 1.18 bits per heavy atom. The highest BCUT2D eigenvalue weighted by Crippen LogP contribution is 2.39. The molecular formula is C21H17FN4O2. The molecule has 0 bridgehead atoms. The molecule has 5 rings (SSSR count). The van der Waals surface area contributed by atoms with Gasteiger partial charge in [0.2, 0.25) is 0 Å². The average Bonchev–Trinajstić information content (AvgIpc) is 3.46. The van der Waals surface area contributed by atoms with E-state index >= 15 is 0 Å². The van der Waals surface area contributed by atoms with Gasteiger partial charge in [0.15, 0.2) is 0 Å². The van der Waals surface area contributed by atoms with E-state index in [0.29, 0.717) is 17.4 Å². The molecule has 28 heavy (non-hydrogen) atoms. The van der Waals surface area contributed by atoms with E-state index in [1.54, 1.807) is 22.9 Å². The molecule has 3 heterocycles. The van der Waals surface area contributed by atoms with Gasteiger partial charge >= 0.3 is 0 Å². The minimum Gasteiger partial charge on any atom is -0.487 e. The Morgan fingerprint density at radius 3 is 2.82 bits per heavy atom. The molecule has 0 saturated heterocycles. The zero-order valence-corrected chi connectivity index (χ0v) is 14.9. The fourth-order valence-electron chi connectivity index (χ4n) is 3.13. The van der Waals surface area contributed by atoms with E-state index in [0.717, 1.165) is 28.7 Å². The summed E-state index contributed by atoms with van der Waals surface area (Å²) in [5, 5.41) is 0. The predicted octanol–water partition coefficient (Wildman–Crippen LogP) is 3.70. The van der Waals surface area contributed by atoms with Gasteiger partial charge in [-0.15, -0.1) is 0 Å². The molecule has 3 aromatic heterocycles. The molecule has 1 aliphatic carbocycles. The van der Waals surface area contributed by atoms with Crippen molar-refractivity contribution in [1.82, 2.24) is 19.5 Å². The van der Waals surface area contributed by atoms with Crippen LogP contribution in [0.1, 0.15) is 30.3 Å². The molecule has 0 radical (unpaired) electrons. The Kier molecular flexibility index (Phi) is 3.93. The van der Waals surface area contributed by atoms with Crippen molar-refractivity contribution in [2.24, 2.45) is 0 Å². The van der Waals surface area contributed by atoms with E-state index in [-0.39, 0.29) is 12.2 Å². The summed E-state index contributed by atoms with van der Waals surface area (Å²) >= 11 is 0. The fourth-order valence-corrected chi connectivity index (χ4v) is 3.13. The number of pyridine rings is 2. The van der Waals surface area contributed by atoms with Crippen LogP contribution in [-0.2, 0) is 6.61 Å². The summed E-state index contributed by atoms with van der Waals surface area (Å²) in [6, 6.07) is 11.7. The zero-order valence-electron chi connectivity index (χ0n) is 14.9. The number of benzene rings is 1. The molecule has 1 N–H and O–H groups in total. The number of hydrogen-bond acceptors (Lipinski definition) is 4. The molecule has 0 atom stereocenters. The lowest BCUT2D eigenvalue weighted by Crippen LogP contribution is -2.16. The molecule has 0 unspecified atom stereocenters. The summed E-state index contributed by atoms with van der Waals surface area (Å²) in [6.45, 7) is 0.160. The summed E-state index contributed by atoms with van der Waals surface area (Å²) in [6.07, 6.45) is 5.17. The molecule has 140 valence electrons. The standard InChI is InChI=1S/C21H17FN4O2/c22-14-3-4-15(23-11-14)12-28-17-7-8-26(20(27)10-17)16-5-6-18-19(9-16)25-21(24-18)13-1-2-13/h3-11,13H,1-2,12H2,(H,24,25). The van der Waals surface area contributed by atoms with Crippen LogP contribution in [0, 0.1) is 5.82 Å². The van der Waals surface area contributed by atoms with Gasteiger partial charge in [-0.1, -0.05) is 0 Å². The zero-order chi connectivity index (χ0) is 19.1. The number of imidazole rings is 1. The topological polar surface area (TPSA) is 72.8 Å². The van der Waals surface area contributed by atoms with E-state index in [4.69, 9.17) is 4.74 Å². The van der Waals surface area contributed by atoms with Crippen molar-refractivity contribution in [2.75, 3.05) is 0 Å². The van der Waals surface area contributed by atoms with Crippen LogP contribution in [0.25, 0.3) is 16.7 Å². The summed E-state index contributed by atoms with van der Waals surface area (Å²) in [5.74, 6) is 1.61. The molecule has 7 heteroatoms. The van der Waals surface area contributed by atoms with E-state index in [9.17, 15) is 9.18 Å². The number of H-pyrrole nitrogens is 1. The quantitative estimate of drug-likeness (QED) is 0.576. The first kappa shape index (κ1) is 16.7. The molecule has 6 nitrogen and oxygen atoms in total. The lowest BCUT2D eigenvalue weighted by atomic mass is 10.2. The Morgan fingerprint density at radius 2 is 2.07 bits per heavy atom. The van der Waals surface area contributed by atoms with Crippen LogP contribution < -0.4 is 10.3 Å². The Balaban J connectivity index is 1.37. The van der Waals surface area contributed by atoms with E-state index in [1.807, 2.05) is 18.2 Å². The maximum Gasteiger partial charge on any atom is 0.258 e. The van der Waals surface area contributed by atoms with Crippen LogP contribution in [0.15, 0.2) is 59.7 Å². The number of hydrogen-bond donors (Lipinski definition) is 1. The number of ether oxygens (including phenoxy) is 1. The van der Waals surface area contributed by atoms with Crippen molar-refractivity contribution in [1.29, 1.82) is 0 Å². The highest BCUT2D eigenvalue weighted by molar-refractivity contribution is 5.77. The number of aromatic nitrogens is 4. The van der Waals surface area contributed by atoms with Gasteiger partial charge in [-0.05, 0) is 49.2 Å². The van der Waals surface area contributed by atoms with Crippen LogP contribution in [0.3, 0.4) is 0 Å². The third-order valence-corrected chi connectivity index (χ3v) is 4.79. The monoisotopic (exact) mass is 376 g/mol. The van der Waals surface area contributed by atoms with E-state index < -0.39 is 5.82 Å². The number of nitrogens with zero attached hydrogens (tertiary/aromatic N) is 3. The largest absolute Gasteiger partial charge is 0.487 e. The molecule has 1 aliphatic rings. The third-order valence-electron chi connectivity index (χ3n) is 4.79. The minimum atomic E-state index is -0.398. The van der Waals surface area contributed by atoms with Gasteiger partial charge in [-0.25, -0.2) is 9.37 Å². The fraction of sp³-hybridized carbons (Fsp3) is 0.190. The van der Waals surface area contributed by atoms with Gasteiger partial charge in [-0.3, -0.25) is 14.3 Å². The van der Waals surface area contributed by atoms with Crippen LogP contribution in [0.4, 0.5) is 4.39 Å². The number of halogens is 1. The molecule has 1 aromatic carbocycles. The van der Waals surface area contributed by atoms with Crippen LogP contribution >= 0.6 is 0 Å². The van der Waals surface area contributed by atoms with Gasteiger partial charge in [0, 0.05) is 18.2 Å². The second-order valence-corrected chi connectivity index (χ2v) is 6.92. The molecule has 4 aromatic rings. The number of aromatic amines is 1. The van der Waals surface area contributed by atoms with Gasteiger partial charge in [-0.2, -0.15) is 0 Å². The number of nitrogens with one attached hydrogen (secondary N) is 1. The normalized spacial score (nSPS) is 13.8. The van der Waals surface area contributed by atoms with Crippen molar-refractivity contribution in [3.05, 3.63) is 82.5 Å². The molecular weight excluding hydrogens is 359 g/mol. The minimum absolute atomic E-state index is 0.160. The second-order valence-electron chi connectivity index (χ2n) is 6.92. The van der Waals surface area contributed by atoms with Crippen molar-refractivity contribution in [3.63, 3.8) is 0 Å². The van der Waals surface area contributed by atoms with Crippen molar-refractivity contribution < 1.29 is 9.13 Å². The first-order valence-electron chi connectivity index (χ1n) is 9.12. The van der Waals surface area contributed by atoms with E-state index in [1.165, 1.54) is 25.0 Å². The molecule has 1 saturated carbocycles. The van der Waals surface area contributed by atoms with Gasteiger partial charge < -0.3 is 9.72 Å². The lowest BCUT2D eigenvalue weighted by molar-refractivity contribution is 0.300. The third kappa shape index (κ3) is 3.26. The van der Waals surface area contributed by atoms with Crippen LogP contribution in [-0.4, -0.2) is 19.5 Å². The SMILES string of the molecule is O=c1cc(OCc2ccc(F)cn2)ccn1-c1ccc2nc(C3CC3)[nH]c2c1. The van der Waals surface area contributed by atoms with Crippen molar-refractivity contribution in [3.8, 4) is 11.4 Å². The maximum absolute atomic E-state index is 12.9. The summed E-state index contributed by atoms with van der Waals surface area (Å²) in [4.78, 5) is 24.5. The highest BCUT2D eigenvalue weighted by atomic mass is 19.1. The highest BCUT2D eigenvalue weighted by Gasteiger charge is 2.26. The van der Waals surface area contributed by atoms with E-state index in [2.05, 4.69) is 15.0 Å². The Labute approximate surface area is 159 Å². The smallest absolute Gasteiger partial charge is 0.258 e. The molecule has 1 fully saturated rings. The maximum atomic E-state index is 12.9. The van der Waals surface area contributed by atoms with Crippen LogP contribution in [0.2, 0.25) is 0 Å². The van der Waals surface area contributed by atoms with Gasteiger partial charge in [0.25, 0.3) is 5.56 Å². The first-order valence-corrected chi connectivity index (χ1v) is 9.12. The number of rotatable bonds is 5. The second kappa shape index (κ2) is 6.60. The van der Waals surface area contributed by atoms with Crippen molar-refractivity contribution >= 4 is 11.0 Å². The van der Waals surface area contributed by atoms with Crippen LogP contribution in [0.5, 0.6) is 5.75 Å². The number of fused-ring (bicyclic) bond motifs is 1. The Hall–Kier alpha value is -3.48. The van der Waals surface area contributed by atoms with Gasteiger partial charge in [0.1, 0.15) is 24.0 Å². The summed E-state index contributed by atoms with van der Waals surface area (Å²) in [7, 11) is 0. The Bertz CT molecular complexity index is 1210. The summed E-state index contributed by atoms with van der Waals surface area (Å²) < 4.78 is 20.0. The first-order chi connectivity index (χ1) is 13.7. The molecule has 0 amide bonds.